The maximum atomic E-state index is 13.4. The Kier molecular flexibility index (Phi) is 2.18. The van der Waals surface area contributed by atoms with Gasteiger partial charge in [-0.3, -0.25) is 0 Å². The van der Waals surface area contributed by atoms with E-state index in [0.29, 0.717) is 11.4 Å². The van der Waals surface area contributed by atoms with Gasteiger partial charge >= 0.3 is 0 Å². The number of hydrogen-bond acceptors (Lipinski definition) is 3. The molecule has 70 valence electrons. The summed E-state index contributed by atoms with van der Waals surface area (Å²) in [7, 11) is 0. The molecule has 0 aliphatic carbocycles. The molecular weight excluding hydrogens is 181 g/mol. The van der Waals surface area contributed by atoms with Crippen molar-refractivity contribution in [1.29, 1.82) is 0 Å². The summed E-state index contributed by atoms with van der Waals surface area (Å²) < 4.78 is 13.4. The quantitative estimate of drug-likeness (QED) is 0.688. The number of halogens is 1. The Morgan fingerprint density at radius 1 is 1.14 bits per heavy atom. The zero-order valence-electron chi connectivity index (χ0n) is 7.61. The second-order valence-electron chi connectivity index (χ2n) is 2.95. The van der Waals surface area contributed by atoms with E-state index in [1.165, 1.54) is 18.7 Å². The summed E-state index contributed by atoms with van der Waals surface area (Å²) in [5.74, 6) is 0.0497. The highest BCUT2D eigenvalue weighted by Crippen LogP contribution is 2.18. The molecule has 0 unspecified atom stereocenters. The Balaban J connectivity index is 2.53. The maximum absolute atomic E-state index is 13.4. The second kappa shape index (κ2) is 3.49. The standard InChI is InChI=1S/C10H8FN3/c1-7-2-3-8(9(11)4-7)10-13-5-12-6-14-10/h2-6H,1H3. The van der Waals surface area contributed by atoms with E-state index >= 15 is 0 Å². The highest BCUT2D eigenvalue weighted by molar-refractivity contribution is 5.55. The summed E-state index contributed by atoms with van der Waals surface area (Å²) in [5.41, 5.74) is 1.28. The van der Waals surface area contributed by atoms with Gasteiger partial charge in [-0.1, -0.05) is 6.07 Å². The third-order valence-electron chi connectivity index (χ3n) is 1.86. The fraction of sp³-hybridized carbons (Fsp3) is 0.100. The highest BCUT2D eigenvalue weighted by atomic mass is 19.1. The first kappa shape index (κ1) is 8.74. The minimum atomic E-state index is -0.309. The van der Waals surface area contributed by atoms with Gasteiger partial charge in [0.15, 0.2) is 5.82 Å². The van der Waals surface area contributed by atoms with Crippen molar-refractivity contribution >= 4 is 0 Å². The van der Waals surface area contributed by atoms with E-state index in [1.807, 2.05) is 13.0 Å². The average molecular weight is 189 g/mol. The minimum Gasteiger partial charge on any atom is -0.225 e. The molecule has 0 bridgehead atoms. The first-order valence-corrected chi connectivity index (χ1v) is 4.16. The summed E-state index contributed by atoms with van der Waals surface area (Å²) in [6.07, 6.45) is 2.70. The van der Waals surface area contributed by atoms with Gasteiger partial charge in [0.2, 0.25) is 0 Å². The molecule has 2 aromatic rings. The van der Waals surface area contributed by atoms with Crippen LogP contribution in [0, 0.1) is 12.7 Å². The van der Waals surface area contributed by atoms with Crippen molar-refractivity contribution in [2.24, 2.45) is 0 Å². The van der Waals surface area contributed by atoms with E-state index in [2.05, 4.69) is 15.0 Å². The molecule has 0 aliphatic heterocycles. The third-order valence-corrected chi connectivity index (χ3v) is 1.86. The Morgan fingerprint density at radius 3 is 2.50 bits per heavy atom. The smallest absolute Gasteiger partial charge is 0.165 e. The Hall–Kier alpha value is -1.84. The highest BCUT2D eigenvalue weighted by Gasteiger charge is 2.06. The van der Waals surface area contributed by atoms with Crippen LogP contribution >= 0.6 is 0 Å². The van der Waals surface area contributed by atoms with E-state index in [0.717, 1.165) is 5.56 Å². The van der Waals surface area contributed by atoms with Crippen molar-refractivity contribution in [1.82, 2.24) is 15.0 Å². The topological polar surface area (TPSA) is 38.7 Å². The van der Waals surface area contributed by atoms with E-state index < -0.39 is 0 Å². The molecular formula is C10H8FN3. The van der Waals surface area contributed by atoms with Crippen LogP contribution in [-0.4, -0.2) is 15.0 Å². The molecule has 0 amide bonds. The van der Waals surface area contributed by atoms with Gasteiger partial charge in [0.25, 0.3) is 0 Å². The molecule has 0 spiro atoms. The van der Waals surface area contributed by atoms with E-state index in [9.17, 15) is 4.39 Å². The predicted molar refractivity (Wildman–Crippen MR) is 50.0 cm³/mol. The van der Waals surface area contributed by atoms with E-state index in [-0.39, 0.29) is 5.82 Å². The van der Waals surface area contributed by atoms with Gasteiger partial charge in [-0.05, 0) is 24.6 Å². The number of aryl methyl sites for hydroxylation is 1. The van der Waals surface area contributed by atoms with Gasteiger partial charge in [-0.25, -0.2) is 19.3 Å². The van der Waals surface area contributed by atoms with Crippen molar-refractivity contribution < 1.29 is 4.39 Å². The third kappa shape index (κ3) is 1.59. The molecule has 4 heteroatoms. The molecule has 1 aromatic heterocycles. The lowest BCUT2D eigenvalue weighted by Gasteiger charge is -2.01. The molecule has 1 aromatic carbocycles. The summed E-state index contributed by atoms with van der Waals surface area (Å²) >= 11 is 0. The molecule has 0 saturated heterocycles. The van der Waals surface area contributed by atoms with Gasteiger partial charge in [-0.2, -0.15) is 0 Å². The monoisotopic (exact) mass is 189 g/mol. The normalized spacial score (nSPS) is 10.1. The second-order valence-corrected chi connectivity index (χ2v) is 2.95. The lowest BCUT2D eigenvalue weighted by molar-refractivity contribution is 0.628. The first-order chi connectivity index (χ1) is 6.77. The summed E-state index contributed by atoms with van der Waals surface area (Å²) in [5, 5.41) is 0. The summed E-state index contributed by atoms with van der Waals surface area (Å²) in [4.78, 5) is 11.4. The lowest BCUT2D eigenvalue weighted by Crippen LogP contribution is -1.92. The lowest BCUT2D eigenvalue weighted by atomic mass is 10.1. The molecule has 0 saturated carbocycles. The molecule has 2 rings (SSSR count). The van der Waals surface area contributed by atoms with Crippen LogP contribution in [0.15, 0.2) is 30.9 Å². The zero-order chi connectivity index (χ0) is 9.97. The molecule has 0 atom stereocenters. The largest absolute Gasteiger partial charge is 0.225 e. The number of benzene rings is 1. The van der Waals surface area contributed by atoms with Crippen LogP contribution in [0.1, 0.15) is 5.56 Å². The van der Waals surface area contributed by atoms with Crippen LogP contribution in [0.25, 0.3) is 11.4 Å². The predicted octanol–water partition coefficient (Wildman–Crippen LogP) is 1.99. The van der Waals surface area contributed by atoms with Crippen LogP contribution in [0.2, 0.25) is 0 Å². The van der Waals surface area contributed by atoms with Gasteiger partial charge in [-0.15, -0.1) is 0 Å². The van der Waals surface area contributed by atoms with Gasteiger partial charge in [0, 0.05) is 0 Å². The maximum Gasteiger partial charge on any atom is 0.165 e. The minimum absolute atomic E-state index is 0.309. The molecule has 3 nitrogen and oxygen atoms in total. The van der Waals surface area contributed by atoms with Crippen LogP contribution in [0.4, 0.5) is 4.39 Å². The summed E-state index contributed by atoms with van der Waals surface area (Å²) in [6.45, 7) is 1.83. The summed E-state index contributed by atoms with van der Waals surface area (Å²) in [6, 6.07) is 4.95. The molecule has 0 radical (unpaired) electrons. The van der Waals surface area contributed by atoms with E-state index in [1.54, 1.807) is 6.07 Å². The van der Waals surface area contributed by atoms with E-state index in [4.69, 9.17) is 0 Å². The van der Waals surface area contributed by atoms with Gasteiger partial charge in [0.05, 0.1) is 5.56 Å². The molecule has 1 heterocycles. The zero-order valence-corrected chi connectivity index (χ0v) is 7.61. The van der Waals surface area contributed by atoms with Crippen LogP contribution < -0.4 is 0 Å². The number of rotatable bonds is 1. The van der Waals surface area contributed by atoms with Gasteiger partial charge in [0.1, 0.15) is 18.5 Å². The molecule has 0 aliphatic rings. The number of nitrogens with zero attached hydrogens (tertiary/aromatic N) is 3. The number of aromatic nitrogens is 3. The fourth-order valence-corrected chi connectivity index (χ4v) is 1.18. The Labute approximate surface area is 80.7 Å². The van der Waals surface area contributed by atoms with Crippen molar-refractivity contribution in [3.8, 4) is 11.4 Å². The van der Waals surface area contributed by atoms with Crippen molar-refractivity contribution in [2.45, 2.75) is 6.92 Å². The Morgan fingerprint density at radius 2 is 1.86 bits per heavy atom. The van der Waals surface area contributed by atoms with Crippen molar-refractivity contribution in [3.63, 3.8) is 0 Å². The first-order valence-electron chi connectivity index (χ1n) is 4.16. The van der Waals surface area contributed by atoms with Crippen molar-refractivity contribution in [3.05, 3.63) is 42.2 Å². The molecule has 14 heavy (non-hydrogen) atoms. The van der Waals surface area contributed by atoms with Crippen molar-refractivity contribution in [2.75, 3.05) is 0 Å². The van der Waals surface area contributed by atoms with Crippen LogP contribution in [0.5, 0.6) is 0 Å². The number of hydrogen-bond donors (Lipinski definition) is 0. The SMILES string of the molecule is Cc1ccc(-c2ncncn2)c(F)c1. The average Bonchev–Trinajstić information content (AvgIpc) is 2.19. The fourth-order valence-electron chi connectivity index (χ4n) is 1.18. The van der Waals surface area contributed by atoms with Crippen LogP contribution in [0.3, 0.4) is 0 Å². The molecule has 0 fully saturated rings. The van der Waals surface area contributed by atoms with Crippen LogP contribution in [-0.2, 0) is 0 Å². The van der Waals surface area contributed by atoms with Gasteiger partial charge < -0.3 is 0 Å². The Bertz CT molecular complexity index is 442. The molecule has 0 N–H and O–H groups in total.